The van der Waals surface area contributed by atoms with Crippen molar-refractivity contribution in [3.8, 4) is 0 Å². The summed E-state index contributed by atoms with van der Waals surface area (Å²) in [5.41, 5.74) is 8.01. The molecule has 0 unspecified atom stereocenters. The number of rotatable bonds is 3. The third-order valence-electron chi connectivity index (χ3n) is 3.46. The Labute approximate surface area is 109 Å². The van der Waals surface area contributed by atoms with Gasteiger partial charge >= 0.3 is 0 Å². The monoisotopic (exact) mass is 249 g/mol. The normalized spacial score (nSPS) is 25.1. The molecule has 0 radical (unpaired) electrons. The van der Waals surface area contributed by atoms with Crippen molar-refractivity contribution in [2.75, 3.05) is 6.54 Å². The molecule has 0 saturated heterocycles. The molecule has 0 bridgehead atoms. The van der Waals surface area contributed by atoms with Crippen LogP contribution in [0.2, 0.25) is 0 Å². The van der Waals surface area contributed by atoms with E-state index in [1.165, 1.54) is 0 Å². The van der Waals surface area contributed by atoms with Gasteiger partial charge in [-0.15, -0.1) is 0 Å². The minimum absolute atomic E-state index is 0.158. The second-order valence-electron chi connectivity index (χ2n) is 5.52. The number of hydrogen-bond donors (Lipinski definition) is 2. The molecule has 0 aromatic heterocycles. The zero-order valence-electron chi connectivity index (χ0n) is 11.7. The summed E-state index contributed by atoms with van der Waals surface area (Å²) in [6.45, 7) is 8.37. The number of nitrogens with two attached hydrogens (primary N) is 1. The van der Waals surface area contributed by atoms with E-state index < -0.39 is 6.10 Å². The highest BCUT2D eigenvalue weighted by Gasteiger charge is 2.36. The van der Waals surface area contributed by atoms with E-state index in [0.29, 0.717) is 18.5 Å². The first kappa shape index (κ1) is 14.9. The van der Waals surface area contributed by atoms with Gasteiger partial charge in [0.1, 0.15) is 6.10 Å². The first-order valence-corrected chi connectivity index (χ1v) is 6.28. The Balaban J connectivity index is 3.11. The van der Waals surface area contributed by atoms with Crippen LogP contribution in [-0.4, -0.2) is 23.5 Å². The second-order valence-corrected chi connectivity index (χ2v) is 5.52. The van der Waals surface area contributed by atoms with Gasteiger partial charge in [0.25, 0.3) is 0 Å². The molecule has 3 heteroatoms. The minimum Gasteiger partial charge on any atom is -0.385 e. The summed E-state index contributed by atoms with van der Waals surface area (Å²) in [4.78, 5) is 11.8. The molecule has 3 nitrogen and oxygen atoms in total. The molecule has 0 aliphatic heterocycles. The van der Waals surface area contributed by atoms with Crippen LogP contribution in [0.5, 0.6) is 0 Å². The molecule has 0 heterocycles. The van der Waals surface area contributed by atoms with Crippen LogP contribution >= 0.6 is 0 Å². The van der Waals surface area contributed by atoms with E-state index in [2.05, 4.69) is 0 Å². The van der Waals surface area contributed by atoms with Gasteiger partial charge in [-0.05, 0) is 36.8 Å². The van der Waals surface area contributed by atoms with E-state index in [-0.39, 0.29) is 11.2 Å². The molecule has 0 amide bonds. The van der Waals surface area contributed by atoms with E-state index in [9.17, 15) is 9.90 Å². The Bertz CT molecular complexity index is 428. The van der Waals surface area contributed by atoms with Gasteiger partial charge in [-0.2, -0.15) is 0 Å². The topological polar surface area (TPSA) is 63.3 Å². The Kier molecular flexibility index (Phi) is 4.65. The summed E-state index contributed by atoms with van der Waals surface area (Å²) in [7, 11) is 0. The molecule has 3 N–H and O–H groups in total. The van der Waals surface area contributed by atoms with Crippen LogP contribution in [0.25, 0.3) is 0 Å². The Morgan fingerprint density at radius 1 is 1.56 bits per heavy atom. The first-order chi connectivity index (χ1) is 8.29. The maximum atomic E-state index is 11.8. The van der Waals surface area contributed by atoms with Crippen molar-refractivity contribution in [3.63, 3.8) is 0 Å². The molecule has 0 spiro atoms. The lowest BCUT2D eigenvalue weighted by Crippen LogP contribution is -2.35. The van der Waals surface area contributed by atoms with Crippen molar-refractivity contribution >= 4 is 5.78 Å². The number of carbonyl (C=O) groups excluding carboxylic acids is 1. The number of aliphatic hydroxyl groups excluding tert-OH is 1. The summed E-state index contributed by atoms with van der Waals surface area (Å²) in [5, 5.41) is 9.73. The standard InChI is InChI=1S/C15H23NO2/c1-10(7-8-16)5-6-12-11(2)14(18)13(17)9-15(12,3)4/h5-7,13,17H,8-9,16H2,1-4H3/b6-5+,10-7+/t13-/m0/s1. The highest BCUT2D eigenvalue weighted by atomic mass is 16.3. The van der Waals surface area contributed by atoms with Gasteiger partial charge in [0.2, 0.25) is 0 Å². The number of aliphatic hydroxyl groups is 1. The van der Waals surface area contributed by atoms with Gasteiger partial charge < -0.3 is 10.8 Å². The van der Waals surface area contributed by atoms with E-state index >= 15 is 0 Å². The number of carbonyl (C=O) groups is 1. The van der Waals surface area contributed by atoms with Crippen molar-refractivity contribution in [2.45, 2.75) is 40.2 Å². The summed E-state index contributed by atoms with van der Waals surface area (Å²) in [5.74, 6) is -0.158. The van der Waals surface area contributed by atoms with Gasteiger partial charge in [-0.25, -0.2) is 0 Å². The average Bonchev–Trinajstić information content (AvgIpc) is 2.25. The quantitative estimate of drug-likeness (QED) is 0.753. The van der Waals surface area contributed by atoms with Crippen molar-refractivity contribution in [1.29, 1.82) is 0 Å². The fourth-order valence-electron chi connectivity index (χ4n) is 2.40. The lowest BCUT2D eigenvalue weighted by molar-refractivity contribution is -0.125. The van der Waals surface area contributed by atoms with E-state index in [1.807, 2.05) is 39.0 Å². The minimum atomic E-state index is -0.863. The Morgan fingerprint density at radius 3 is 2.72 bits per heavy atom. The van der Waals surface area contributed by atoms with Gasteiger partial charge in [0.05, 0.1) is 0 Å². The van der Waals surface area contributed by atoms with Crippen LogP contribution in [-0.2, 0) is 4.79 Å². The van der Waals surface area contributed by atoms with Gasteiger partial charge in [0, 0.05) is 6.54 Å². The molecule has 0 fully saturated rings. The van der Waals surface area contributed by atoms with Gasteiger partial charge in [0.15, 0.2) is 5.78 Å². The van der Waals surface area contributed by atoms with Gasteiger partial charge in [-0.3, -0.25) is 4.79 Å². The predicted molar refractivity (Wildman–Crippen MR) is 74.1 cm³/mol. The Hall–Kier alpha value is -1.19. The lowest BCUT2D eigenvalue weighted by atomic mass is 9.71. The van der Waals surface area contributed by atoms with Crippen molar-refractivity contribution in [2.24, 2.45) is 11.1 Å². The third-order valence-corrected chi connectivity index (χ3v) is 3.46. The van der Waals surface area contributed by atoms with Crippen molar-refractivity contribution < 1.29 is 9.90 Å². The fraction of sp³-hybridized carbons (Fsp3) is 0.533. The van der Waals surface area contributed by atoms with E-state index in [4.69, 9.17) is 5.73 Å². The lowest BCUT2D eigenvalue weighted by Gasteiger charge is -2.34. The maximum Gasteiger partial charge on any atom is 0.187 e. The van der Waals surface area contributed by atoms with Crippen molar-refractivity contribution in [3.05, 3.63) is 34.9 Å². The molecule has 1 aliphatic rings. The third kappa shape index (κ3) is 3.18. The van der Waals surface area contributed by atoms with Crippen LogP contribution in [0.1, 0.15) is 34.1 Å². The van der Waals surface area contributed by atoms with E-state index in [0.717, 1.165) is 11.1 Å². The average molecular weight is 249 g/mol. The number of ketones is 1. The SMILES string of the molecule is CC1=C(/C=C/C(C)=C/CN)C(C)(C)C[C@H](O)C1=O. The largest absolute Gasteiger partial charge is 0.385 e. The highest BCUT2D eigenvalue weighted by Crippen LogP contribution is 2.39. The summed E-state index contributed by atoms with van der Waals surface area (Å²) in [6.07, 6.45) is 5.48. The summed E-state index contributed by atoms with van der Waals surface area (Å²) in [6, 6.07) is 0. The zero-order chi connectivity index (χ0) is 13.9. The molecule has 1 atom stereocenters. The molecule has 0 aromatic carbocycles. The summed E-state index contributed by atoms with van der Waals surface area (Å²) >= 11 is 0. The Morgan fingerprint density at radius 2 is 2.17 bits per heavy atom. The molecule has 0 saturated carbocycles. The first-order valence-electron chi connectivity index (χ1n) is 6.28. The van der Waals surface area contributed by atoms with Crippen LogP contribution in [0.4, 0.5) is 0 Å². The fourth-order valence-corrected chi connectivity index (χ4v) is 2.40. The second kappa shape index (κ2) is 5.63. The molecular weight excluding hydrogens is 226 g/mol. The number of hydrogen-bond acceptors (Lipinski definition) is 3. The van der Waals surface area contributed by atoms with Crippen molar-refractivity contribution in [1.82, 2.24) is 0 Å². The molecular formula is C15H23NO2. The van der Waals surface area contributed by atoms with Crippen LogP contribution in [0.15, 0.2) is 34.9 Å². The molecule has 100 valence electrons. The molecule has 1 aliphatic carbocycles. The van der Waals surface area contributed by atoms with Crippen LogP contribution in [0, 0.1) is 5.41 Å². The smallest absolute Gasteiger partial charge is 0.187 e. The number of allylic oxidation sites excluding steroid dienone is 4. The molecule has 0 aromatic rings. The highest BCUT2D eigenvalue weighted by molar-refractivity contribution is 6.00. The van der Waals surface area contributed by atoms with E-state index in [1.54, 1.807) is 6.92 Å². The van der Waals surface area contributed by atoms with Crippen LogP contribution < -0.4 is 5.73 Å². The van der Waals surface area contributed by atoms with Crippen LogP contribution in [0.3, 0.4) is 0 Å². The molecule has 1 rings (SSSR count). The number of Topliss-reactive ketones (excluding diaryl/α,β-unsaturated/α-hetero) is 1. The summed E-state index contributed by atoms with van der Waals surface area (Å²) < 4.78 is 0. The maximum absolute atomic E-state index is 11.8. The molecule has 18 heavy (non-hydrogen) atoms. The van der Waals surface area contributed by atoms with Gasteiger partial charge in [-0.1, -0.05) is 37.6 Å². The predicted octanol–water partition coefficient (Wildman–Crippen LogP) is 2.12. The zero-order valence-corrected chi connectivity index (χ0v) is 11.7.